The quantitative estimate of drug-likeness (QED) is 0.699. The second-order valence-electron chi connectivity index (χ2n) is 4.68. The van der Waals surface area contributed by atoms with E-state index in [1.165, 1.54) is 6.07 Å². The van der Waals surface area contributed by atoms with E-state index in [2.05, 4.69) is 19.2 Å². The highest BCUT2D eigenvalue weighted by Gasteiger charge is 1.96. The van der Waals surface area contributed by atoms with E-state index in [9.17, 15) is 4.39 Å². The van der Waals surface area contributed by atoms with Crippen molar-refractivity contribution >= 4 is 0 Å². The van der Waals surface area contributed by atoms with Crippen LogP contribution in [-0.4, -0.2) is 13.1 Å². The molecule has 1 nitrogen and oxygen atoms in total. The van der Waals surface area contributed by atoms with Crippen molar-refractivity contribution in [3.63, 3.8) is 0 Å². The van der Waals surface area contributed by atoms with E-state index in [0.29, 0.717) is 5.92 Å². The third-order valence-electron chi connectivity index (χ3n) is 2.51. The minimum atomic E-state index is -0.129. The van der Waals surface area contributed by atoms with Gasteiger partial charge in [0.2, 0.25) is 0 Å². The van der Waals surface area contributed by atoms with Crippen LogP contribution >= 0.6 is 0 Å². The Morgan fingerprint density at radius 3 is 2.75 bits per heavy atom. The monoisotopic (exact) mass is 223 g/mol. The van der Waals surface area contributed by atoms with Gasteiger partial charge in [0.1, 0.15) is 5.82 Å². The fourth-order valence-electron chi connectivity index (χ4n) is 1.66. The minimum absolute atomic E-state index is 0.129. The van der Waals surface area contributed by atoms with Crippen LogP contribution in [0.1, 0.15) is 32.3 Å². The van der Waals surface area contributed by atoms with Crippen molar-refractivity contribution < 1.29 is 4.39 Å². The van der Waals surface area contributed by atoms with Gasteiger partial charge < -0.3 is 5.32 Å². The number of nitrogens with one attached hydrogen (secondary N) is 1. The van der Waals surface area contributed by atoms with Gasteiger partial charge in [0, 0.05) is 0 Å². The van der Waals surface area contributed by atoms with Gasteiger partial charge in [-0.05, 0) is 56.0 Å². The summed E-state index contributed by atoms with van der Waals surface area (Å²) in [5, 5.41) is 3.41. The molecule has 0 saturated carbocycles. The first-order chi connectivity index (χ1) is 7.68. The standard InChI is InChI=1S/C14H22FN/c1-12(2)11-16-9-4-3-6-13-7-5-8-14(15)10-13/h5,7-8,10,12,16H,3-4,6,9,11H2,1-2H3. The Morgan fingerprint density at radius 1 is 1.25 bits per heavy atom. The van der Waals surface area contributed by atoms with Gasteiger partial charge in [0.25, 0.3) is 0 Å². The Labute approximate surface area is 98.1 Å². The molecule has 0 unspecified atom stereocenters. The van der Waals surface area contributed by atoms with Crippen LogP contribution < -0.4 is 5.32 Å². The average molecular weight is 223 g/mol. The molecule has 0 aliphatic rings. The molecule has 0 aliphatic carbocycles. The summed E-state index contributed by atoms with van der Waals surface area (Å²) in [7, 11) is 0. The zero-order chi connectivity index (χ0) is 11.8. The minimum Gasteiger partial charge on any atom is -0.316 e. The van der Waals surface area contributed by atoms with Gasteiger partial charge in [0.05, 0.1) is 0 Å². The first kappa shape index (κ1) is 13.2. The van der Waals surface area contributed by atoms with Crippen molar-refractivity contribution in [1.29, 1.82) is 0 Å². The lowest BCUT2D eigenvalue weighted by atomic mass is 10.1. The largest absolute Gasteiger partial charge is 0.316 e. The molecule has 0 spiro atoms. The predicted molar refractivity (Wildman–Crippen MR) is 67.0 cm³/mol. The van der Waals surface area contributed by atoms with Gasteiger partial charge >= 0.3 is 0 Å². The molecule has 1 aromatic carbocycles. The number of unbranched alkanes of at least 4 members (excludes halogenated alkanes) is 1. The lowest BCUT2D eigenvalue weighted by Crippen LogP contribution is -2.20. The zero-order valence-corrected chi connectivity index (χ0v) is 10.3. The van der Waals surface area contributed by atoms with Gasteiger partial charge in [-0.25, -0.2) is 4.39 Å². The Hall–Kier alpha value is -0.890. The van der Waals surface area contributed by atoms with Crippen LogP contribution in [0.3, 0.4) is 0 Å². The molecule has 1 N–H and O–H groups in total. The lowest BCUT2D eigenvalue weighted by Gasteiger charge is -2.07. The molecule has 2 heteroatoms. The SMILES string of the molecule is CC(C)CNCCCCc1cccc(F)c1. The second kappa shape index (κ2) is 7.39. The normalized spacial score (nSPS) is 11.0. The van der Waals surface area contributed by atoms with Crippen molar-refractivity contribution in [2.45, 2.75) is 33.1 Å². The summed E-state index contributed by atoms with van der Waals surface area (Å²) in [5.74, 6) is 0.582. The molecule has 0 amide bonds. The molecule has 16 heavy (non-hydrogen) atoms. The first-order valence-electron chi connectivity index (χ1n) is 6.13. The topological polar surface area (TPSA) is 12.0 Å². The lowest BCUT2D eigenvalue weighted by molar-refractivity contribution is 0.535. The fraction of sp³-hybridized carbons (Fsp3) is 0.571. The molecular formula is C14H22FN. The maximum absolute atomic E-state index is 12.9. The van der Waals surface area contributed by atoms with E-state index in [-0.39, 0.29) is 5.82 Å². The molecular weight excluding hydrogens is 201 g/mol. The van der Waals surface area contributed by atoms with Gasteiger partial charge in [-0.3, -0.25) is 0 Å². The van der Waals surface area contributed by atoms with E-state index in [1.807, 2.05) is 6.07 Å². The Bertz CT molecular complexity index is 297. The number of hydrogen-bond donors (Lipinski definition) is 1. The van der Waals surface area contributed by atoms with Gasteiger partial charge in [-0.15, -0.1) is 0 Å². The van der Waals surface area contributed by atoms with Crippen LogP contribution in [-0.2, 0) is 6.42 Å². The molecule has 0 aliphatic heterocycles. The van der Waals surface area contributed by atoms with Crippen LogP contribution in [0.15, 0.2) is 24.3 Å². The smallest absolute Gasteiger partial charge is 0.123 e. The predicted octanol–water partition coefficient (Wildman–Crippen LogP) is 3.39. The molecule has 0 heterocycles. The number of benzene rings is 1. The molecule has 0 saturated heterocycles. The number of rotatable bonds is 7. The third-order valence-corrected chi connectivity index (χ3v) is 2.51. The summed E-state index contributed by atoms with van der Waals surface area (Å²) >= 11 is 0. The van der Waals surface area contributed by atoms with Gasteiger partial charge in [-0.1, -0.05) is 26.0 Å². The van der Waals surface area contributed by atoms with E-state index in [0.717, 1.165) is 37.9 Å². The van der Waals surface area contributed by atoms with E-state index in [1.54, 1.807) is 12.1 Å². The van der Waals surface area contributed by atoms with E-state index < -0.39 is 0 Å². The Kier molecular flexibility index (Phi) is 6.09. The highest BCUT2D eigenvalue weighted by molar-refractivity contribution is 5.16. The van der Waals surface area contributed by atoms with Crippen LogP contribution in [0.2, 0.25) is 0 Å². The third kappa shape index (κ3) is 5.86. The maximum atomic E-state index is 12.9. The summed E-state index contributed by atoms with van der Waals surface area (Å²) in [6.07, 6.45) is 3.25. The highest BCUT2D eigenvalue weighted by Crippen LogP contribution is 2.07. The van der Waals surface area contributed by atoms with Crippen LogP contribution in [0.4, 0.5) is 4.39 Å². The van der Waals surface area contributed by atoms with Gasteiger partial charge in [0.15, 0.2) is 0 Å². The summed E-state index contributed by atoms with van der Waals surface area (Å²) < 4.78 is 12.9. The highest BCUT2D eigenvalue weighted by atomic mass is 19.1. The van der Waals surface area contributed by atoms with Crippen LogP contribution in [0.5, 0.6) is 0 Å². The Balaban J connectivity index is 2.07. The van der Waals surface area contributed by atoms with Crippen molar-refractivity contribution in [1.82, 2.24) is 5.32 Å². The van der Waals surface area contributed by atoms with Crippen molar-refractivity contribution in [2.24, 2.45) is 5.92 Å². The van der Waals surface area contributed by atoms with Crippen LogP contribution in [0.25, 0.3) is 0 Å². The molecule has 0 atom stereocenters. The first-order valence-corrected chi connectivity index (χ1v) is 6.13. The van der Waals surface area contributed by atoms with E-state index >= 15 is 0 Å². The van der Waals surface area contributed by atoms with Crippen molar-refractivity contribution in [3.05, 3.63) is 35.6 Å². The molecule has 0 fully saturated rings. The van der Waals surface area contributed by atoms with E-state index in [4.69, 9.17) is 0 Å². The molecule has 0 radical (unpaired) electrons. The fourth-order valence-corrected chi connectivity index (χ4v) is 1.66. The molecule has 1 aromatic rings. The molecule has 0 aromatic heterocycles. The Morgan fingerprint density at radius 2 is 2.06 bits per heavy atom. The second-order valence-corrected chi connectivity index (χ2v) is 4.68. The van der Waals surface area contributed by atoms with Crippen molar-refractivity contribution in [3.8, 4) is 0 Å². The molecule has 0 bridgehead atoms. The summed E-state index contributed by atoms with van der Waals surface area (Å²) in [6, 6.07) is 6.89. The van der Waals surface area contributed by atoms with Crippen molar-refractivity contribution in [2.75, 3.05) is 13.1 Å². The summed E-state index contributed by atoms with van der Waals surface area (Å²) in [5.41, 5.74) is 1.10. The summed E-state index contributed by atoms with van der Waals surface area (Å²) in [6.45, 7) is 6.56. The zero-order valence-electron chi connectivity index (χ0n) is 10.3. The molecule has 90 valence electrons. The molecule has 1 rings (SSSR count). The van der Waals surface area contributed by atoms with Crippen LogP contribution in [0, 0.1) is 11.7 Å². The number of halogens is 1. The number of aryl methyl sites for hydroxylation is 1. The number of hydrogen-bond acceptors (Lipinski definition) is 1. The maximum Gasteiger partial charge on any atom is 0.123 e. The summed E-state index contributed by atoms with van der Waals surface area (Å²) in [4.78, 5) is 0. The average Bonchev–Trinajstić information content (AvgIpc) is 2.23. The van der Waals surface area contributed by atoms with Gasteiger partial charge in [-0.2, -0.15) is 0 Å².